The summed E-state index contributed by atoms with van der Waals surface area (Å²) in [5, 5.41) is 20.6. The number of nitriles is 1. The van der Waals surface area contributed by atoms with E-state index >= 15 is 0 Å². The van der Waals surface area contributed by atoms with Crippen molar-refractivity contribution in [1.82, 2.24) is 0 Å². The van der Waals surface area contributed by atoms with E-state index < -0.39 is 24.7 Å². The zero-order valence-electron chi connectivity index (χ0n) is 19.5. The molecule has 1 aliphatic rings. The normalized spacial score (nSPS) is 21.1. The first kappa shape index (κ1) is 26.8. The van der Waals surface area contributed by atoms with Crippen LogP contribution in [0.3, 0.4) is 0 Å². The van der Waals surface area contributed by atoms with Gasteiger partial charge in [-0.2, -0.15) is 10.0 Å². The van der Waals surface area contributed by atoms with E-state index in [9.17, 15) is 25.1 Å². The molecule has 9 nitrogen and oxygen atoms in total. The minimum absolute atomic E-state index is 0.132. The van der Waals surface area contributed by atoms with Gasteiger partial charge in [0.2, 0.25) is 0 Å². The fourth-order valence-corrected chi connectivity index (χ4v) is 14.7. The Morgan fingerprint density at radius 2 is 1.51 bits per heavy atom. The molecule has 3 aromatic carbocycles. The average Bonchev–Trinajstić information content (AvgIpc) is 2.85. The number of anilines is 2. The van der Waals surface area contributed by atoms with E-state index in [2.05, 4.69) is 4.74 Å². The third-order valence-corrected chi connectivity index (χ3v) is 15.0. The lowest BCUT2D eigenvalue weighted by atomic mass is 10.1. The van der Waals surface area contributed by atoms with Crippen LogP contribution in [0.2, 0.25) is 0 Å². The molecule has 0 aliphatic carbocycles. The molecule has 0 atom stereocenters. The number of hydrogen-bond acceptors (Lipinski definition) is 5. The van der Waals surface area contributed by atoms with Crippen molar-refractivity contribution < 1.29 is 14.6 Å². The van der Waals surface area contributed by atoms with Gasteiger partial charge in [0.05, 0.1) is 16.3 Å². The molecule has 37 heavy (non-hydrogen) atoms. The summed E-state index contributed by atoms with van der Waals surface area (Å²) in [7, 11) is -3.84. The SMILES string of the molecule is Cc1ccccc1N1P(Cl)(=NC(=O)/C(C#N)=C\c2ccc([N+](=O)[O-])cc2)N(c2ccccc2C)[P+]1([O-])Cl. The molecule has 1 amide bonds. The number of aryl methyl sites for hydroxylation is 2. The number of hydrogen-bond donors (Lipinski definition) is 0. The van der Waals surface area contributed by atoms with E-state index in [1.54, 1.807) is 62.4 Å². The third-order valence-electron chi connectivity index (χ3n) is 5.60. The van der Waals surface area contributed by atoms with Crippen LogP contribution in [-0.2, 0) is 4.79 Å². The summed E-state index contributed by atoms with van der Waals surface area (Å²) in [5.41, 5.74) is 2.28. The number of halogens is 2. The van der Waals surface area contributed by atoms with Crippen LogP contribution >= 0.6 is 36.3 Å². The molecule has 1 fully saturated rings. The van der Waals surface area contributed by atoms with E-state index in [-0.39, 0.29) is 11.3 Å². The molecular formula is C24H19Cl2N5O4P2. The van der Waals surface area contributed by atoms with Crippen LogP contribution in [0.1, 0.15) is 16.7 Å². The number of amides is 1. The molecule has 1 aliphatic heterocycles. The van der Waals surface area contributed by atoms with Gasteiger partial charge in [0, 0.05) is 12.1 Å². The van der Waals surface area contributed by atoms with E-state index in [1.165, 1.54) is 39.2 Å². The van der Waals surface area contributed by atoms with Crippen molar-refractivity contribution in [1.29, 1.82) is 5.26 Å². The molecule has 0 saturated carbocycles. The van der Waals surface area contributed by atoms with Crippen molar-refractivity contribution in [2.45, 2.75) is 13.8 Å². The lowest BCUT2D eigenvalue weighted by Crippen LogP contribution is -2.48. The summed E-state index contributed by atoms with van der Waals surface area (Å²) in [4.78, 5) is 37.5. The van der Waals surface area contributed by atoms with Crippen molar-refractivity contribution in [3.63, 3.8) is 0 Å². The van der Waals surface area contributed by atoms with Gasteiger partial charge in [0.1, 0.15) is 22.9 Å². The number of para-hydroxylation sites is 2. The Balaban J connectivity index is 1.85. The Kier molecular flexibility index (Phi) is 7.43. The maximum Gasteiger partial charge on any atom is 0.313 e. The third kappa shape index (κ3) is 4.87. The average molecular weight is 574 g/mol. The number of non-ortho nitro benzene ring substituents is 1. The maximum absolute atomic E-state index is 13.9. The number of carbonyl (C=O) groups is 1. The molecule has 0 aromatic heterocycles. The molecule has 0 unspecified atom stereocenters. The predicted octanol–water partition coefficient (Wildman–Crippen LogP) is 7.13. The Bertz CT molecular complexity index is 1480. The number of rotatable bonds is 5. The second kappa shape index (κ2) is 10.3. The van der Waals surface area contributed by atoms with E-state index in [0.717, 1.165) is 11.1 Å². The van der Waals surface area contributed by atoms with Crippen LogP contribution in [0.4, 0.5) is 17.1 Å². The number of benzene rings is 3. The Hall–Kier alpha value is -3.24. The highest BCUT2D eigenvalue weighted by Crippen LogP contribution is 2.94. The van der Waals surface area contributed by atoms with Crippen LogP contribution in [0, 0.1) is 35.3 Å². The molecule has 0 radical (unpaired) electrons. The summed E-state index contributed by atoms with van der Waals surface area (Å²) >= 11 is 13.7. The monoisotopic (exact) mass is 573 g/mol. The molecule has 0 spiro atoms. The number of nitrogens with zero attached hydrogens (tertiary/aromatic N) is 5. The first-order valence-corrected chi connectivity index (χ1v) is 15.8. The zero-order chi connectivity index (χ0) is 27.0. The summed E-state index contributed by atoms with van der Waals surface area (Å²) in [6, 6.07) is 21.2. The molecule has 4 rings (SSSR count). The van der Waals surface area contributed by atoms with Crippen LogP contribution in [0.25, 0.3) is 6.08 Å². The lowest BCUT2D eigenvalue weighted by Gasteiger charge is -2.57. The smallest absolute Gasteiger partial charge is 0.313 e. The van der Waals surface area contributed by atoms with Gasteiger partial charge in [-0.15, -0.1) is 8.88 Å². The molecule has 1 saturated heterocycles. The van der Waals surface area contributed by atoms with Gasteiger partial charge in [0.25, 0.3) is 18.7 Å². The van der Waals surface area contributed by atoms with Gasteiger partial charge >= 0.3 is 6.71 Å². The largest absolute Gasteiger partial charge is 0.627 e. The molecule has 3 aromatic rings. The van der Waals surface area contributed by atoms with E-state index in [4.69, 9.17) is 22.5 Å². The standard InChI is InChI=1S/C24H19Cl2N5O4P2/c1-17-7-3-5-9-22(17)30-36(25,31(37(30,26)35)23-10-6-4-8-18(23)2)28-24(32)20(16-27)15-19-11-13-21(14-12-19)29(33)34/h3-15H,1-2H3/b20-15-. The highest BCUT2D eigenvalue weighted by atomic mass is 35.7. The fourth-order valence-electron chi connectivity index (χ4n) is 3.78. The van der Waals surface area contributed by atoms with Gasteiger partial charge in [-0.25, -0.2) is 0 Å². The van der Waals surface area contributed by atoms with Gasteiger partial charge in [-0.1, -0.05) is 36.4 Å². The minimum atomic E-state index is -3.84. The second-order valence-electron chi connectivity index (χ2n) is 8.04. The molecule has 1 heterocycles. The first-order valence-electron chi connectivity index (χ1n) is 10.8. The molecular weight excluding hydrogens is 555 g/mol. The molecule has 0 N–H and O–H groups in total. The Morgan fingerprint density at radius 3 is 1.95 bits per heavy atom. The van der Waals surface area contributed by atoms with E-state index in [1.807, 2.05) is 6.07 Å². The highest BCUT2D eigenvalue weighted by Gasteiger charge is 2.68. The van der Waals surface area contributed by atoms with Crippen molar-refractivity contribution in [2.24, 2.45) is 4.74 Å². The van der Waals surface area contributed by atoms with Crippen LogP contribution in [0.15, 0.2) is 83.1 Å². The quantitative estimate of drug-likeness (QED) is 0.104. The van der Waals surface area contributed by atoms with Gasteiger partial charge < -0.3 is 4.89 Å². The van der Waals surface area contributed by atoms with Crippen molar-refractivity contribution in [3.8, 4) is 6.07 Å². The van der Waals surface area contributed by atoms with Crippen molar-refractivity contribution in [2.75, 3.05) is 8.88 Å². The van der Waals surface area contributed by atoms with E-state index in [0.29, 0.717) is 16.9 Å². The minimum Gasteiger partial charge on any atom is -0.627 e. The van der Waals surface area contributed by atoms with Gasteiger partial charge in [0.15, 0.2) is 0 Å². The van der Waals surface area contributed by atoms with Crippen molar-refractivity contribution in [3.05, 3.63) is 105 Å². The Labute approximate surface area is 223 Å². The summed E-state index contributed by atoms with van der Waals surface area (Å²) in [6.07, 6.45) is 1.26. The Morgan fingerprint density at radius 1 is 1.03 bits per heavy atom. The molecule has 188 valence electrons. The number of carbonyl (C=O) groups excluding carboxylic acids is 1. The van der Waals surface area contributed by atoms with Crippen molar-refractivity contribution >= 4 is 65.4 Å². The zero-order valence-corrected chi connectivity index (χ0v) is 22.8. The van der Waals surface area contributed by atoms with Gasteiger partial charge in [-0.05, 0) is 72.1 Å². The molecule has 13 heteroatoms. The summed E-state index contributed by atoms with van der Waals surface area (Å²) < 4.78 is 6.85. The van der Waals surface area contributed by atoms with Gasteiger partial charge in [-0.3, -0.25) is 14.9 Å². The van der Waals surface area contributed by atoms with Crippen LogP contribution in [0.5, 0.6) is 0 Å². The highest BCUT2D eigenvalue weighted by molar-refractivity contribution is 8.23. The summed E-state index contributed by atoms with van der Waals surface area (Å²) in [6.45, 7) is -0.00808. The second-order valence-corrected chi connectivity index (χ2v) is 15.1. The molecule has 0 bridgehead atoms. The fraction of sp³-hybridized carbons (Fsp3) is 0.0833. The lowest BCUT2D eigenvalue weighted by molar-refractivity contribution is -0.384. The van der Waals surface area contributed by atoms with Crippen LogP contribution < -0.4 is 13.8 Å². The van der Waals surface area contributed by atoms with Crippen LogP contribution in [-0.4, -0.2) is 10.8 Å². The maximum atomic E-state index is 13.9. The topological polar surface area (TPSA) is 126 Å². The first-order chi connectivity index (χ1) is 17.5. The number of nitro benzene ring substituents is 1. The number of nitro groups is 1. The predicted molar refractivity (Wildman–Crippen MR) is 147 cm³/mol. The summed E-state index contributed by atoms with van der Waals surface area (Å²) in [5.74, 6) is -0.933.